The van der Waals surface area contributed by atoms with Crippen molar-refractivity contribution in [1.82, 2.24) is 14.8 Å². The summed E-state index contributed by atoms with van der Waals surface area (Å²) in [5, 5.41) is 11.1. The predicted molar refractivity (Wildman–Crippen MR) is 108 cm³/mol. The quantitative estimate of drug-likeness (QED) is 0.619. The van der Waals surface area contributed by atoms with Gasteiger partial charge in [-0.1, -0.05) is 11.6 Å². The van der Waals surface area contributed by atoms with Crippen molar-refractivity contribution in [2.45, 2.75) is 13.5 Å². The fraction of sp³-hybridized carbons (Fsp3) is 0.300. The second-order valence-electron chi connectivity index (χ2n) is 7.22. The molecule has 3 aromatic rings. The van der Waals surface area contributed by atoms with E-state index in [1.807, 2.05) is 29.8 Å². The van der Waals surface area contributed by atoms with Gasteiger partial charge in [0.15, 0.2) is 0 Å². The first kappa shape index (κ1) is 18.7. The highest BCUT2D eigenvalue weighted by Gasteiger charge is 2.39. The molecule has 0 atom stereocenters. The SMILES string of the molecule is Cc1cc(Nc2ccc(F)c(Cl)c2)ccc1NCC1(Cn2cncn2)COC1. The van der Waals surface area contributed by atoms with Gasteiger partial charge in [-0.05, 0) is 48.9 Å². The average molecular weight is 402 g/mol. The summed E-state index contributed by atoms with van der Waals surface area (Å²) < 4.78 is 20.6. The first-order valence-corrected chi connectivity index (χ1v) is 9.38. The Morgan fingerprint density at radius 1 is 1.21 bits per heavy atom. The molecule has 4 rings (SSSR count). The monoisotopic (exact) mass is 401 g/mol. The van der Waals surface area contributed by atoms with Crippen LogP contribution in [0, 0.1) is 18.2 Å². The molecule has 1 aliphatic heterocycles. The van der Waals surface area contributed by atoms with Crippen molar-refractivity contribution in [2.24, 2.45) is 5.41 Å². The minimum atomic E-state index is -0.428. The molecule has 0 saturated carbocycles. The van der Waals surface area contributed by atoms with Crippen LogP contribution in [-0.4, -0.2) is 34.5 Å². The molecule has 1 saturated heterocycles. The van der Waals surface area contributed by atoms with E-state index < -0.39 is 5.82 Å². The Hall–Kier alpha value is -2.64. The lowest BCUT2D eigenvalue weighted by atomic mass is 9.85. The summed E-state index contributed by atoms with van der Waals surface area (Å²) >= 11 is 5.85. The van der Waals surface area contributed by atoms with Crippen molar-refractivity contribution in [3.63, 3.8) is 0 Å². The standard InChI is InChI=1S/C20H21ClFN5O/c1-14-6-15(26-16-2-4-18(22)17(21)7-16)3-5-19(14)24-8-20(10-28-11-20)9-27-13-23-12-25-27/h2-7,12-13,24,26H,8-11H2,1H3. The maximum Gasteiger partial charge on any atom is 0.141 e. The minimum absolute atomic E-state index is 0.0158. The van der Waals surface area contributed by atoms with Gasteiger partial charge in [-0.2, -0.15) is 5.10 Å². The molecule has 0 radical (unpaired) electrons. The van der Waals surface area contributed by atoms with E-state index in [9.17, 15) is 4.39 Å². The van der Waals surface area contributed by atoms with Gasteiger partial charge in [-0.25, -0.2) is 9.37 Å². The zero-order valence-electron chi connectivity index (χ0n) is 15.5. The Balaban J connectivity index is 1.41. The van der Waals surface area contributed by atoms with Crippen LogP contribution in [0.25, 0.3) is 0 Å². The van der Waals surface area contributed by atoms with E-state index in [0.717, 1.165) is 35.7 Å². The second kappa shape index (κ2) is 7.77. The van der Waals surface area contributed by atoms with E-state index in [-0.39, 0.29) is 10.4 Å². The molecule has 146 valence electrons. The number of benzene rings is 2. The third-order valence-electron chi connectivity index (χ3n) is 4.87. The van der Waals surface area contributed by atoms with Crippen LogP contribution in [-0.2, 0) is 11.3 Å². The number of nitrogens with zero attached hydrogens (tertiary/aromatic N) is 3. The highest BCUT2D eigenvalue weighted by atomic mass is 35.5. The lowest BCUT2D eigenvalue weighted by Gasteiger charge is -2.41. The van der Waals surface area contributed by atoms with Crippen molar-refractivity contribution in [1.29, 1.82) is 0 Å². The molecular weight excluding hydrogens is 381 g/mol. The summed E-state index contributed by atoms with van der Waals surface area (Å²) in [4.78, 5) is 4.01. The summed E-state index contributed by atoms with van der Waals surface area (Å²) in [6.07, 6.45) is 3.28. The number of anilines is 3. The maximum atomic E-state index is 13.3. The van der Waals surface area contributed by atoms with E-state index in [4.69, 9.17) is 16.3 Å². The van der Waals surface area contributed by atoms with E-state index >= 15 is 0 Å². The molecule has 28 heavy (non-hydrogen) atoms. The number of ether oxygens (including phenoxy) is 1. The average Bonchev–Trinajstić information content (AvgIpc) is 3.14. The van der Waals surface area contributed by atoms with Gasteiger partial charge in [0.25, 0.3) is 0 Å². The van der Waals surface area contributed by atoms with Crippen LogP contribution in [0.2, 0.25) is 5.02 Å². The van der Waals surface area contributed by atoms with Gasteiger partial charge in [0, 0.05) is 23.6 Å². The molecule has 0 spiro atoms. The normalized spacial score (nSPS) is 15.1. The molecule has 2 heterocycles. The van der Waals surface area contributed by atoms with Crippen LogP contribution in [0.1, 0.15) is 5.56 Å². The molecule has 1 aliphatic rings. The largest absolute Gasteiger partial charge is 0.384 e. The van der Waals surface area contributed by atoms with Crippen molar-refractivity contribution in [3.8, 4) is 0 Å². The molecule has 2 aromatic carbocycles. The number of rotatable bonds is 7. The Bertz CT molecular complexity index is 959. The van der Waals surface area contributed by atoms with Gasteiger partial charge >= 0.3 is 0 Å². The number of halogens is 2. The highest BCUT2D eigenvalue weighted by Crippen LogP contribution is 2.31. The molecule has 8 heteroatoms. The number of hydrogen-bond acceptors (Lipinski definition) is 5. The van der Waals surface area contributed by atoms with E-state index in [1.54, 1.807) is 24.8 Å². The first-order valence-electron chi connectivity index (χ1n) is 9.00. The van der Waals surface area contributed by atoms with Crippen LogP contribution < -0.4 is 10.6 Å². The smallest absolute Gasteiger partial charge is 0.141 e. The van der Waals surface area contributed by atoms with Crippen LogP contribution in [0.4, 0.5) is 21.5 Å². The number of nitrogens with one attached hydrogen (secondary N) is 2. The van der Waals surface area contributed by atoms with E-state index in [2.05, 4.69) is 20.7 Å². The Morgan fingerprint density at radius 3 is 2.64 bits per heavy atom. The van der Waals surface area contributed by atoms with Crippen molar-refractivity contribution < 1.29 is 9.13 Å². The molecule has 6 nitrogen and oxygen atoms in total. The van der Waals surface area contributed by atoms with Gasteiger partial charge in [-0.3, -0.25) is 4.68 Å². The lowest BCUT2D eigenvalue weighted by Crippen LogP contribution is -2.50. The third-order valence-corrected chi connectivity index (χ3v) is 5.16. The number of aryl methyl sites for hydroxylation is 1. The fourth-order valence-electron chi connectivity index (χ4n) is 3.26. The molecule has 0 aliphatic carbocycles. The predicted octanol–water partition coefficient (Wildman–Crippen LogP) is 4.25. The highest BCUT2D eigenvalue weighted by molar-refractivity contribution is 6.31. The Kier molecular flexibility index (Phi) is 5.19. The van der Waals surface area contributed by atoms with Crippen LogP contribution in [0.15, 0.2) is 49.1 Å². The summed E-state index contributed by atoms with van der Waals surface area (Å²) in [5.74, 6) is -0.428. The zero-order valence-corrected chi connectivity index (χ0v) is 16.2. The number of hydrogen-bond donors (Lipinski definition) is 2. The molecule has 0 amide bonds. The first-order chi connectivity index (χ1) is 13.5. The van der Waals surface area contributed by atoms with Crippen molar-refractivity contribution in [2.75, 3.05) is 30.4 Å². The van der Waals surface area contributed by atoms with Crippen LogP contribution >= 0.6 is 11.6 Å². The summed E-state index contributed by atoms with van der Waals surface area (Å²) in [5.41, 5.74) is 3.84. The third kappa shape index (κ3) is 4.10. The second-order valence-corrected chi connectivity index (χ2v) is 7.63. The van der Waals surface area contributed by atoms with Gasteiger partial charge < -0.3 is 15.4 Å². The maximum absolute atomic E-state index is 13.3. The van der Waals surface area contributed by atoms with Crippen LogP contribution in [0.3, 0.4) is 0 Å². The summed E-state index contributed by atoms with van der Waals surface area (Å²) in [6.45, 7) is 5.00. The number of aromatic nitrogens is 3. The fourth-order valence-corrected chi connectivity index (χ4v) is 3.44. The summed E-state index contributed by atoms with van der Waals surface area (Å²) in [6, 6.07) is 10.6. The van der Waals surface area contributed by atoms with E-state index in [1.165, 1.54) is 6.07 Å². The molecule has 1 aromatic heterocycles. The van der Waals surface area contributed by atoms with Gasteiger partial charge in [0.05, 0.1) is 30.2 Å². The topological polar surface area (TPSA) is 64.0 Å². The molecule has 1 fully saturated rings. The molecule has 0 bridgehead atoms. The minimum Gasteiger partial charge on any atom is -0.384 e. The lowest BCUT2D eigenvalue weighted by molar-refractivity contribution is -0.114. The Labute approximate surface area is 167 Å². The Morgan fingerprint density at radius 2 is 2.00 bits per heavy atom. The van der Waals surface area contributed by atoms with E-state index in [0.29, 0.717) is 13.2 Å². The summed E-state index contributed by atoms with van der Waals surface area (Å²) in [7, 11) is 0. The van der Waals surface area contributed by atoms with Crippen molar-refractivity contribution >= 4 is 28.7 Å². The van der Waals surface area contributed by atoms with Gasteiger partial charge in [-0.15, -0.1) is 0 Å². The van der Waals surface area contributed by atoms with Gasteiger partial charge in [0.1, 0.15) is 18.5 Å². The molecule has 0 unspecified atom stereocenters. The van der Waals surface area contributed by atoms with Crippen LogP contribution in [0.5, 0.6) is 0 Å². The van der Waals surface area contributed by atoms with Gasteiger partial charge in [0.2, 0.25) is 0 Å². The zero-order chi connectivity index (χ0) is 19.6. The molecular formula is C20H21ClFN5O. The molecule has 2 N–H and O–H groups in total. The van der Waals surface area contributed by atoms with Crippen molar-refractivity contribution in [3.05, 3.63) is 65.5 Å².